The first-order valence-corrected chi connectivity index (χ1v) is 5.84. The van der Waals surface area contributed by atoms with Gasteiger partial charge in [0.25, 0.3) is 0 Å². The van der Waals surface area contributed by atoms with Crippen LogP contribution in [0.15, 0.2) is 30.0 Å². The van der Waals surface area contributed by atoms with Crippen molar-refractivity contribution in [1.29, 1.82) is 0 Å². The van der Waals surface area contributed by atoms with Gasteiger partial charge < -0.3 is 14.9 Å². The summed E-state index contributed by atoms with van der Waals surface area (Å²) >= 11 is 0. The summed E-state index contributed by atoms with van der Waals surface area (Å²) in [7, 11) is 0. The van der Waals surface area contributed by atoms with Crippen LogP contribution >= 0.6 is 0 Å². The van der Waals surface area contributed by atoms with Crippen molar-refractivity contribution in [1.82, 2.24) is 0 Å². The molecule has 2 unspecified atom stereocenters. The number of ketones is 1. The van der Waals surface area contributed by atoms with Gasteiger partial charge in [-0.15, -0.1) is 0 Å². The molecule has 4 heteroatoms. The first-order chi connectivity index (χ1) is 8.32. The SMILES string of the molecule is CC1(O)CC(C)(O)C2=C(O1)C(=O)c1ccccc12. The summed E-state index contributed by atoms with van der Waals surface area (Å²) in [5.74, 6) is -1.74. The van der Waals surface area contributed by atoms with Crippen molar-refractivity contribution < 1.29 is 19.7 Å². The molecule has 4 nitrogen and oxygen atoms in total. The van der Waals surface area contributed by atoms with Crippen LogP contribution in [-0.2, 0) is 4.74 Å². The molecule has 2 N–H and O–H groups in total. The standard InChI is InChI=1S/C14H14O4/c1-13(16)7-14(2,17)18-12-10(13)8-5-3-4-6-9(8)11(12)15/h3-6,16-17H,7H2,1-2H3. The largest absolute Gasteiger partial charge is 0.458 e. The number of rotatable bonds is 0. The van der Waals surface area contributed by atoms with Gasteiger partial charge in [0.2, 0.25) is 11.6 Å². The molecule has 0 radical (unpaired) electrons. The molecule has 0 fully saturated rings. The van der Waals surface area contributed by atoms with Crippen molar-refractivity contribution in [2.45, 2.75) is 31.7 Å². The van der Waals surface area contributed by atoms with Crippen LogP contribution in [0, 0.1) is 0 Å². The van der Waals surface area contributed by atoms with Crippen molar-refractivity contribution in [2.24, 2.45) is 0 Å². The predicted molar refractivity (Wildman–Crippen MR) is 64.6 cm³/mol. The number of benzene rings is 1. The quantitative estimate of drug-likeness (QED) is 0.727. The molecule has 1 aromatic carbocycles. The van der Waals surface area contributed by atoms with E-state index in [0.29, 0.717) is 16.7 Å². The van der Waals surface area contributed by atoms with Gasteiger partial charge in [-0.2, -0.15) is 0 Å². The summed E-state index contributed by atoms with van der Waals surface area (Å²) in [4.78, 5) is 12.2. The number of aliphatic hydroxyl groups is 2. The molecular formula is C14H14O4. The Kier molecular flexibility index (Phi) is 2.04. The topological polar surface area (TPSA) is 66.8 Å². The zero-order valence-electron chi connectivity index (χ0n) is 10.2. The van der Waals surface area contributed by atoms with Crippen LogP contribution in [0.2, 0.25) is 0 Å². The average molecular weight is 246 g/mol. The second kappa shape index (κ2) is 3.22. The van der Waals surface area contributed by atoms with E-state index in [1.54, 1.807) is 25.1 Å². The summed E-state index contributed by atoms with van der Waals surface area (Å²) in [5, 5.41) is 20.5. The smallest absolute Gasteiger partial charge is 0.228 e. The highest BCUT2D eigenvalue weighted by atomic mass is 16.6. The third-order valence-corrected chi connectivity index (χ3v) is 3.41. The molecule has 0 saturated carbocycles. The third kappa shape index (κ3) is 1.43. The number of hydrogen-bond acceptors (Lipinski definition) is 4. The Morgan fingerprint density at radius 1 is 1.17 bits per heavy atom. The Bertz CT molecular complexity index is 581. The second-order valence-electron chi connectivity index (χ2n) is 5.31. The van der Waals surface area contributed by atoms with E-state index in [1.165, 1.54) is 6.92 Å². The van der Waals surface area contributed by atoms with Crippen LogP contribution in [0.4, 0.5) is 0 Å². The summed E-state index contributed by atoms with van der Waals surface area (Å²) in [5.41, 5.74) is 0.410. The number of allylic oxidation sites excluding steroid dienone is 1. The first kappa shape index (κ1) is 11.4. The van der Waals surface area contributed by atoms with E-state index in [-0.39, 0.29) is 18.0 Å². The molecule has 2 aliphatic rings. The molecule has 0 amide bonds. The number of Topliss-reactive ketones (excluding diaryl/α,β-unsaturated/α-hetero) is 1. The van der Waals surface area contributed by atoms with Gasteiger partial charge in [0, 0.05) is 24.5 Å². The van der Waals surface area contributed by atoms with Gasteiger partial charge in [0.1, 0.15) is 0 Å². The van der Waals surface area contributed by atoms with Crippen molar-refractivity contribution in [3.05, 3.63) is 41.2 Å². The van der Waals surface area contributed by atoms with E-state index in [2.05, 4.69) is 0 Å². The minimum atomic E-state index is -1.53. The molecule has 1 aliphatic carbocycles. The number of hydrogen-bond donors (Lipinski definition) is 2. The maximum atomic E-state index is 12.2. The third-order valence-electron chi connectivity index (χ3n) is 3.41. The van der Waals surface area contributed by atoms with Crippen LogP contribution in [-0.4, -0.2) is 27.4 Å². The number of carbonyl (C=O) groups is 1. The average Bonchev–Trinajstić information content (AvgIpc) is 2.51. The van der Waals surface area contributed by atoms with Crippen LogP contribution in [0.3, 0.4) is 0 Å². The predicted octanol–water partition coefficient (Wildman–Crippen LogP) is 1.47. The van der Waals surface area contributed by atoms with Gasteiger partial charge in [0.15, 0.2) is 5.76 Å². The maximum Gasteiger partial charge on any atom is 0.228 e. The number of carbonyl (C=O) groups excluding carboxylic acids is 1. The number of ether oxygens (including phenoxy) is 1. The summed E-state index contributed by atoms with van der Waals surface area (Å²) in [6.07, 6.45) is 0.0282. The van der Waals surface area contributed by atoms with Crippen LogP contribution in [0.5, 0.6) is 0 Å². The van der Waals surface area contributed by atoms with Crippen molar-refractivity contribution in [3.8, 4) is 0 Å². The minimum absolute atomic E-state index is 0.0282. The van der Waals surface area contributed by atoms with E-state index in [9.17, 15) is 15.0 Å². The normalized spacial score (nSPS) is 34.1. The lowest BCUT2D eigenvalue weighted by molar-refractivity contribution is -0.194. The lowest BCUT2D eigenvalue weighted by atomic mass is 9.83. The highest BCUT2D eigenvalue weighted by molar-refractivity contribution is 6.20. The van der Waals surface area contributed by atoms with Gasteiger partial charge in [-0.05, 0) is 12.5 Å². The van der Waals surface area contributed by atoms with Gasteiger partial charge in [0.05, 0.1) is 5.60 Å². The van der Waals surface area contributed by atoms with E-state index in [1.807, 2.05) is 6.07 Å². The van der Waals surface area contributed by atoms with Crippen LogP contribution in [0.1, 0.15) is 36.2 Å². The minimum Gasteiger partial charge on any atom is -0.458 e. The summed E-state index contributed by atoms with van der Waals surface area (Å²) < 4.78 is 5.35. The lowest BCUT2D eigenvalue weighted by Crippen LogP contribution is -2.44. The van der Waals surface area contributed by atoms with E-state index < -0.39 is 11.4 Å². The fourth-order valence-corrected chi connectivity index (χ4v) is 2.87. The molecule has 3 rings (SSSR count). The van der Waals surface area contributed by atoms with E-state index in [0.717, 1.165) is 0 Å². The zero-order valence-corrected chi connectivity index (χ0v) is 10.2. The van der Waals surface area contributed by atoms with Crippen LogP contribution in [0.25, 0.3) is 5.57 Å². The first-order valence-electron chi connectivity index (χ1n) is 5.84. The van der Waals surface area contributed by atoms with E-state index in [4.69, 9.17) is 4.74 Å². The Morgan fingerprint density at radius 3 is 2.44 bits per heavy atom. The zero-order chi connectivity index (χ0) is 13.1. The molecule has 1 aliphatic heterocycles. The molecule has 1 heterocycles. The van der Waals surface area contributed by atoms with E-state index >= 15 is 0 Å². The molecular weight excluding hydrogens is 232 g/mol. The summed E-state index contributed by atoms with van der Waals surface area (Å²) in [6.45, 7) is 3.04. The van der Waals surface area contributed by atoms with Crippen molar-refractivity contribution in [2.75, 3.05) is 0 Å². The molecule has 0 saturated heterocycles. The van der Waals surface area contributed by atoms with Crippen LogP contribution < -0.4 is 0 Å². The van der Waals surface area contributed by atoms with Gasteiger partial charge in [-0.25, -0.2) is 0 Å². The Labute approximate surface area is 105 Å². The maximum absolute atomic E-state index is 12.2. The van der Waals surface area contributed by atoms with Gasteiger partial charge in [-0.3, -0.25) is 4.79 Å². The fourth-order valence-electron chi connectivity index (χ4n) is 2.87. The molecule has 1 aromatic rings. The second-order valence-corrected chi connectivity index (χ2v) is 5.31. The Balaban J connectivity index is 2.25. The highest BCUT2D eigenvalue weighted by Crippen LogP contribution is 2.47. The van der Waals surface area contributed by atoms with Crippen molar-refractivity contribution >= 4 is 11.4 Å². The Morgan fingerprint density at radius 2 is 1.78 bits per heavy atom. The molecule has 0 aromatic heterocycles. The molecule has 0 spiro atoms. The van der Waals surface area contributed by atoms with Gasteiger partial charge in [-0.1, -0.05) is 24.3 Å². The fraction of sp³-hybridized carbons (Fsp3) is 0.357. The monoisotopic (exact) mass is 246 g/mol. The molecule has 2 atom stereocenters. The molecule has 18 heavy (non-hydrogen) atoms. The highest BCUT2D eigenvalue weighted by Gasteiger charge is 2.50. The van der Waals surface area contributed by atoms with Crippen molar-refractivity contribution in [3.63, 3.8) is 0 Å². The Hall–Kier alpha value is -1.65. The van der Waals surface area contributed by atoms with Gasteiger partial charge >= 0.3 is 0 Å². The number of fused-ring (bicyclic) bond motifs is 2. The summed E-state index contributed by atoms with van der Waals surface area (Å²) in [6, 6.07) is 7.06. The molecule has 0 bridgehead atoms. The lowest BCUT2D eigenvalue weighted by Gasteiger charge is -2.39. The molecule has 94 valence electrons.